The highest BCUT2D eigenvalue weighted by molar-refractivity contribution is 5.79. The Balaban J connectivity index is 1.88. The van der Waals surface area contributed by atoms with E-state index in [1.165, 1.54) is 0 Å². The molecule has 2 heterocycles. The lowest BCUT2D eigenvalue weighted by atomic mass is 9.87. The van der Waals surface area contributed by atoms with E-state index >= 15 is 0 Å². The minimum absolute atomic E-state index is 0.0343. The van der Waals surface area contributed by atoms with E-state index in [2.05, 4.69) is 44.5 Å². The van der Waals surface area contributed by atoms with Gasteiger partial charge in [0, 0.05) is 69.2 Å². The van der Waals surface area contributed by atoms with Crippen LogP contribution in [0.3, 0.4) is 0 Å². The minimum Gasteiger partial charge on any atom is -0.340 e. The molecule has 0 aromatic heterocycles. The topological polar surface area (TPSA) is 47.1 Å². The van der Waals surface area contributed by atoms with Gasteiger partial charge in [0.2, 0.25) is 11.8 Å². The standard InChI is InChI=1S/C22H42N4O2/c1-17(2)20(27)26-11-10-23(7)22(6,16-26)9-8-19(5)21(28)25-14-12-24(13-15-25)18(3)4/h17-19H,8-16H2,1-7H3. The average molecular weight is 395 g/mol. The van der Waals surface area contributed by atoms with Crippen molar-refractivity contribution in [3.63, 3.8) is 0 Å². The van der Waals surface area contributed by atoms with Crippen molar-refractivity contribution in [1.82, 2.24) is 19.6 Å². The summed E-state index contributed by atoms with van der Waals surface area (Å²) in [4.78, 5) is 34.3. The predicted octanol–water partition coefficient (Wildman–Crippen LogP) is 2.14. The second-order valence-electron chi connectivity index (χ2n) is 9.73. The summed E-state index contributed by atoms with van der Waals surface area (Å²) in [6.45, 7) is 18.8. The van der Waals surface area contributed by atoms with Crippen LogP contribution in [0.25, 0.3) is 0 Å². The van der Waals surface area contributed by atoms with E-state index in [4.69, 9.17) is 0 Å². The molecule has 0 saturated carbocycles. The van der Waals surface area contributed by atoms with Gasteiger partial charge in [-0.15, -0.1) is 0 Å². The van der Waals surface area contributed by atoms with Crippen molar-refractivity contribution in [2.45, 2.75) is 66.0 Å². The Hall–Kier alpha value is -1.14. The Morgan fingerprint density at radius 3 is 1.96 bits per heavy atom. The predicted molar refractivity (Wildman–Crippen MR) is 114 cm³/mol. The summed E-state index contributed by atoms with van der Waals surface area (Å²) in [6.07, 6.45) is 1.80. The summed E-state index contributed by atoms with van der Waals surface area (Å²) in [5.41, 5.74) is -0.0618. The van der Waals surface area contributed by atoms with Crippen LogP contribution in [0.1, 0.15) is 54.4 Å². The van der Waals surface area contributed by atoms with Crippen LogP contribution in [0.15, 0.2) is 0 Å². The number of hydrogen-bond donors (Lipinski definition) is 0. The van der Waals surface area contributed by atoms with Crippen LogP contribution < -0.4 is 0 Å². The summed E-state index contributed by atoms with van der Waals surface area (Å²) in [7, 11) is 2.15. The second kappa shape index (κ2) is 9.57. The van der Waals surface area contributed by atoms with Crippen LogP contribution in [-0.2, 0) is 9.59 Å². The molecule has 0 radical (unpaired) electrons. The van der Waals surface area contributed by atoms with Crippen molar-refractivity contribution in [2.75, 3.05) is 52.9 Å². The van der Waals surface area contributed by atoms with Gasteiger partial charge < -0.3 is 9.80 Å². The molecule has 2 atom stereocenters. The Labute approximate surface area is 172 Å². The molecule has 2 fully saturated rings. The largest absolute Gasteiger partial charge is 0.340 e. The number of carbonyl (C=O) groups excluding carboxylic acids is 2. The fourth-order valence-corrected chi connectivity index (χ4v) is 4.40. The van der Waals surface area contributed by atoms with Gasteiger partial charge in [0.1, 0.15) is 0 Å². The van der Waals surface area contributed by atoms with Gasteiger partial charge in [-0.05, 0) is 40.7 Å². The molecule has 0 aromatic carbocycles. The molecular formula is C22H42N4O2. The van der Waals surface area contributed by atoms with Gasteiger partial charge in [0.05, 0.1) is 0 Å². The molecule has 2 aliphatic heterocycles. The summed E-state index contributed by atoms with van der Waals surface area (Å²) >= 11 is 0. The maximum atomic E-state index is 12.9. The van der Waals surface area contributed by atoms with E-state index < -0.39 is 0 Å². The molecule has 0 aliphatic carbocycles. The molecule has 0 bridgehead atoms. The van der Waals surface area contributed by atoms with Crippen molar-refractivity contribution in [3.8, 4) is 0 Å². The lowest BCUT2D eigenvalue weighted by Gasteiger charge is -2.48. The molecule has 2 aliphatic rings. The van der Waals surface area contributed by atoms with Gasteiger partial charge in [-0.2, -0.15) is 0 Å². The molecule has 2 saturated heterocycles. The zero-order valence-electron chi connectivity index (χ0n) is 19.2. The number of hydrogen-bond acceptors (Lipinski definition) is 4. The maximum Gasteiger partial charge on any atom is 0.225 e. The monoisotopic (exact) mass is 394 g/mol. The Morgan fingerprint density at radius 2 is 1.43 bits per heavy atom. The number of likely N-dealkylation sites (N-methyl/N-ethyl adjacent to an activating group) is 1. The zero-order chi connectivity index (χ0) is 21.1. The summed E-state index contributed by atoms with van der Waals surface area (Å²) in [5, 5.41) is 0. The third-order valence-corrected chi connectivity index (χ3v) is 6.86. The number of piperazine rings is 2. The summed E-state index contributed by atoms with van der Waals surface area (Å²) in [5.74, 6) is 0.608. The first-order valence-electron chi connectivity index (χ1n) is 11.1. The average Bonchev–Trinajstić information content (AvgIpc) is 2.67. The molecule has 0 N–H and O–H groups in total. The first-order chi connectivity index (χ1) is 13.0. The highest BCUT2D eigenvalue weighted by atomic mass is 16.2. The molecule has 2 rings (SSSR count). The summed E-state index contributed by atoms with van der Waals surface area (Å²) in [6, 6.07) is 0.549. The van der Waals surface area contributed by atoms with Crippen LogP contribution in [0.5, 0.6) is 0 Å². The Bertz CT molecular complexity index is 543. The summed E-state index contributed by atoms with van der Waals surface area (Å²) < 4.78 is 0. The number of nitrogens with zero attached hydrogens (tertiary/aromatic N) is 4. The Morgan fingerprint density at radius 1 is 0.857 bits per heavy atom. The van der Waals surface area contributed by atoms with Gasteiger partial charge in [-0.1, -0.05) is 20.8 Å². The van der Waals surface area contributed by atoms with Crippen molar-refractivity contribution in [2.24, 2.45) is 11.8 Å². The van der Waals surface area contributed by atoms with E-state index in [9.17, 15) is 9.59 Å². The van der Waals surface area contributed by atoms with Crippen molar-refractivity contribution in [3.05, 3.63) is 0 Å². The zero-order valence-corrected chi connectivity index (χ0v) is 19.2. The van der Waals surface area contributed by atoms with Crippen molar-refractivity contribution < 1.29 is 9.59 Å². The molecule has 162 valence electrons. The highest BCUT2D eigenvalue weighted by Gasteiger charge is 2.38. The fraction of sp³-hybridized carbons (Fsp3) is 0.909. The molecule has 2 unspecified atom stereocenters. The quantitative estimate of drug-likeness (QED) is 0.693. The number of carbonyl (C=O) groups is 2. The van der Waals surface area contributed by atoms with Gasteiger partial charge in [0.25, 0.3) is 0 Å². The van der Waals surface area contributed by atoms with E-state index in [-0.39, 0.29) is 23.3 Å². The number of amides is 2. The number of rotatable bonds is 6. The van der Waals surface area contributed by atoms with Crippen LogP contribution in [-0.4, -0.2) is 95.9 Å². The van der Waals surface area contributed by atoms with Crippen LogP contribution in [0.4, 0.5) is 0 Å². The van der Waals surface area contributed by atoms with E-state index in [0.717, 1.165) is 58.7 Å². The van der Waals surface area contributed by atoms with Gasteiger partial charge >= 0.3 is 0 Å². The third-order valence-electron chi connectivity index (χ3n) is 6.86. The molecule has 2 amide bonds. The maximum absolute atomic E-state index is 12.9. The molecule has 6 heteroatoms. The molecule has 0 aromatic rings. The van der Waals surface area contributed by atoms with Crippen LogP contribution in [0.2, 0.25) is 0 Å². The fourth-order valence-electron chi connectivity index (χ4n) is 4.40. The highest BCUT2D eigenvalue weighted by Crippen LogP contribution is 2.28. The van der Waals surface area contributed by atoms with Crippen LogP contribution in [0, 0.1) is 11.8 Å². The van der Waals surface area contributed by atoms with E-state index in [0.29, 0.717) is 11.9 Å². The second-order valence-corrected chi connectivity index (χ2v) is 9.73. The smallest absolute Gasteiger partial charge is 0.225 e. The van der Waals surface area contributed by atoms with Gasteiger partial charge in [-0.3, -0.25) is 19.4 Å². The molecular weight excluding hydrogens is 352 g/mol. The SMILES string of the molecule is CC(C)C(=O)N1CCN(C)C(C)(CCC(C)C(=O)N2CCN(C(C)C)CC2)C1. The van der Waals surface area contributed by atoms with E-state index in [1.54, 1.807) is 0 Å². The molecule has 0 spiro atoms. The molecule has 28 heavy (non-hydrogen) atoms. The van der Waals surface area contributed by atoms with Crippen molar-refractivity contribution >= 4 is 11.8 Å². The van der Waals surface area contributed by atoms with Gasteiger partial charge in [0.15, 0.2) is 0 Å². The van der Waals surface area contributed by atoms with Crippen molar-refractivity contribution in [1.29, 1.82) is 0 Å². The lowest BCUT2D eigenvalue weighted by molar-refractivity contribution is -0.141. The van der Waals surface area contributed by atoms with Crippen LogP contribution >= 0.6 is 0 Å². The third kappa shape index (κ3) is 5.47. The normalized spacial score (nSPS) is 26.2. The van der Waals surface area contributed by atoms with Gasteiger partial charge in [-0.25, -0.2) is 0 Å². The molecule has 6 nitrogen and oxygen atoms in total. The first kappa shape index (κ1) is 23.1. The lowest BCUT2D eigenvalue weighted by Crippen LogP contribution is -2.61. The van der Waals surface area contributed by atoms with E-state index in [1.807, 2.05) is 23.6 Å². The minimum atomic E-state index is -0.0618. The Kier molecular flexibility index (Phi) is 7.91. The first-order valence-corrected chi connectivity index (χ1v) is 11.1.